The second kappa shape index (κ2) is 11.1. The molecule has 0 bridgehead atoms. The molecular formula is C29H34F2N2O5. The summed E-state index contributed by atoms with van der Waals surface area (Å²) in [6, 6.07) is 0.823. The van der Waals surface area contributed by atoms with E-state index in [-0.39, 0.29) is 40.6 Å². The Morgan fingerprint density at radius 3 is 2.53 bits per heavy atom. The molecule has 0 saturated heterocycles. The van der Waals surface area contributed by atoms with Gasteiger partial charge in [0.15, 0.2) is 11.6 Å². The minimum Gasteiger partial charge on any atom is -0.462 e. The summed E-state index contributed by atoms with van der Waals surface area (Å²) in [4.78, 5) is 37.4. The van der Waals surface area contributed by atoms with E-state index in [1.807, 2.05) is 20.8 Å². The van der Waals surface area contributed by atoms with E-state index in [1.165, 1.54) is 6.20 Å². The number of carbonyl (C=O) groups excluding carboxylic acids is 2. The number of rotatable bonds is 6. The van der Waals surface area contributed by atoms with Gasteiger partial charge in [0.05, 0.1) is 23.1 Å². The Hall–Kier alpha value is -3.41. The van der Waals surface area contributed by atoms with E-state index in [4.69, 9.17) is 9.47 Å². The van der Waals surface area contributed by atoms with Gasteiger partial charge in [0.25, 0.3) is 0 Å². The number of amides is 1. The zero-order valence-electron chi connectivity index (χ0n) is 22.3. The largest absolute Gasteiger partial charge is 0.462 e. The van der Waals surface area contributed by atoms with Crippen LogP contribution in [0.2, 0.25) is 0 Å². The third kappa shape index (κ3) is 6.35. The second-order valence-electron chi connectivity index (χ2n) is 11.1. The molecule has 204 valence electrons. The normalized spacial score (nSPS) is 19.1. The fraction of sp³-hybridized carbons (Fsp3) is 0.552. The molecule has 1 aromatic carbocycles. The number of alkyl carbamates (subject to hydrolysis) is 1. The lowest BCUT2D eigenvalue weighted by molar-refractivity contribution is 0.0511. The van der Waals surface area contributed by atoms with Crippen LogP contribution in [0.1, 0.15) is 88.2 Å². The van der Waals surface area contributed by atoms with Crippen molar-refractivity contribution in [3.8, 4) is 11.8 Å². The number of halogens is 2. The maximum Gasteiger partial charge on any atom is 0.407 e. The van der Waals surface area contributed by atoms with Crippen LogP contribution in [-0.2, 0) is 9.47 Å². The average Bonchev–Trinajstić information content (AvgIpc) is 3.58. The first-order chi connectivity index (χ1) is 18.0. The molecule has 2 aliphatic rings. The van der Waals surface area contributed by atoms with Crippen LogP contribution in [0, 0.1) is 35.3 Å². The fourth-order valence-corrected chi connectivity index (χ4v) is 4.95. The highest BCUT2D eigenvalue weighted by atomic mass is 19.2. The van der Waals surface area contributed by atoms with E-state index < -0.39 is 34.7 Å². The number of pyridine rings is 1. The number of nitrogens with one attached hydrogen (secondary N) is 1. The summed E-state index contributed by atoms with van der Waals surface area (Å²) >= 11 is 0. The molecule has 0 radical (unpaired) electrons. The van der Waals surface area contributed by atoms with Crippen molar-refractivity contribution >= 4 is 23.0 Å². The lowest BCUT2D eigenvalue weighted by atomic mass is 10.0. The maximum absolute atomic E-state index is 15.0. The van der Waals surface area contributed by atoms with Crippen molar-refractivity contribution in [1.82, 2.24) is 9.88 Å². The van der Waals surface area contributed by atoms with Crippen LogP contribution in [0.15, 0.2) is 17.1 Å². The maximum atomic E-state index is 15.0. The fourth-order valence-electron chi connectivity index (χ4n) is 4.95. The van der Waals surface area contributed by atoms with Crippen molar-refractivity contribution < 1.29 is 27.8 Å². The molecule has 1 heterocycles. The standard InChI is InChI=1S/C29H34F2N2O5/c1-5-37-27(35)22-16-33(19-11-12-19)25-20(24(31)23(30)14-21(25)26(22)34)8-6-7-17-9-10-18(13-17)15-32-28(36)38-29(2,3)4/h14,16-19H,5,7,9-13,15H2,1-4H3,(H,32,36)/t17?,18-/m1/s1. The van der Waals surface area contributed by atoms with Gasteiger partial charge in [-0.05, 0) is 77.7 Å². The number of fused-ring (bicyclic) bond motifs is 1. The first-order valence-electron chi connectivity index (χ1n) is 13.2. The van der Waals surface area contributed by atoms with Crippen molar-refractivity contribution in [3.05, 3.63) is 45.2 Å². The third-order valence-electron chi connectivity index (χ3n) is 6.83. The monoisotopic (exact) mass is 528 g/mol. The van der Waals surface area contributed by atoms with E-state index in [2.05, 4.69) is 17.2 Å². The summed E-state index contributed by atoms with van der Waals surface area (Å²) in [5, 5.41) is 2.73. The topological polar surface area (TPSA) is 86.6 Å². The minimum absolute atomic E-state index is 0.0234. The molecule has 4 rings (SSSR count). The van der Waals surface area contributed by atoms with Gasteiger partial charge in [0.2, 0.25) is 5.43 Å². The number of benzene rings is 1. The molecule has 2 fully saturated rings. The second-order valence-corrected chi connectivity index (χ2v) is 11.1. The number of carbonyl (C=O) groups is 2. The molecule has 1 amide bonds. The van der Waals surface area contributed by atoms with Gasteiger partial charge in [-0.25, -0.2) is 18.4 Å². The summed E-state index contributed by atoms with van der Waals surface area (Å²) in [5.74, 6) is 3.30. The zero-order valence-corrected chi connectivity index (χ0v) is 22.3. The lowest BCUT2D eigenvalue weighted by Gasteiger charge is -2.20. The van der Waals surface area contributed by atoms with Crippen molar-refractivity contribution in [1.29, 1.82) is 0 Å². The van der Waals surface area contributed by atoms with Gasteiger partial charge in [-0.2, -0.15) is 0 Å². The van der Waals surface area contributed by atoms with Crippen molar-refractivity contribution in [2.24, 2.45) is 11.8 Å². The van der Waals surface area contributed by atoms with Gasteiger partial charge >= 0.3 is 12.1 Å². The van der Waals surface area contributed by atoms with Crippen LogP contribution in [-0.4, -0.2) is 35.4 Å². The Morgan fingerprint density at radius 1 is 1.16 bits per heavy atom. The molecule has 0 spiro atoms. The quantitative estimate of drug-likeness (QED) is 0.397. The molecule has 1 unspecified atom stereocenters. The van der Waals surface area contributed by atoms with Crippen LogP contribution in [0.4, 0.5) is 13.6 Å². The number of nitrogens with zero attached hydrogens (tertiary/aromatic N) is 1. The van der Waals surface area contributed by atoms with Gasteiger partial charge in [0.1, 0.15) is 11.2 Å². The van der Waals surface area contributed by atoms with Gasteiger partial charge in [0, 0.05) is 25.2 Å². The highest BCUT2D eigenvalue weighted by Crippen LogP contribution is 2.38. The number of ether oxygens (including phenoxy) is 2. The Morgan fingerprint density at radius 2 is 1.87 bits per heavy atom. The summed E-state index contributed by atoms with van der Waals surface area (Å²) in [7, 11) is 0. The Balaban J connectivity index is 1.54. The van der Waals surface area contributed by atoms with Crippen molar-refractivity contribution in [2.45, 2.75) is 77.9 Å². The molecule has 9 heteroatoms. The van der Waals surface area contributed by atoms with E-state index >= 15 is 4.39 Å². The SMILES string of the molecule is CCOC(=O)c1cn(C2CC2)c2c(C#CCC3CC[C@@H](CNC(=O)OC(C)(C)C)C3)c(F)c(F)cc2c1=O. The van der Waals surface area contributed by atoms with E-state index in [1.54, 1.807) is 11.5 Å². The Kier molecular flexibility index (Phi) is 8.10. The summed E-state index contributed by atoms with van der Waals surface area (Å²) < 4.78 is 41.6. The molecule has 38 heavy (non-hydrogen) atoms. The predicted octanol–water partition coefficient (Wildman–Crippen LogP) is 5.47. The molecule has 2 saturated carbocycles. The van der Waals surface area contributed by atoms with E-state index in [0.717, 1.165) is 38.2 Å². The van der Waals surface area contributed by atoms with E-state index in [0.29, 0.717) is 18.9 Å². The lowest BCUT2D eigenvalue weighted by Crippen LogP contribution is -2.34. The van der Waals surface area contributed by atoms with Gasteiger partial charge < -0.3 is 19.4 Å². The zero-order chi connectivity index (χ0) is 27.6. The van der Waals surface area contributed by atoms with Crippen LogP contribution in [0.5, 0.6) is 0 Å². The Bertz CT molecular complexity index is 1360. The van der Waals surface area contributed by atoms with Gasteiger partial charge in [-0.3, -0.25) is 4.79 Å². The highest BCUT2D eigenvalue weighted by Gasteiger charge is 2.30. The van der Waals surface area contributed by atoms with E-state index in [9.17, 15) is 18.8 Å². The molecular weight excluding hydrogens is 494 g/mol. The number of esters is 1. The predicted molar refractivity (Wildman–Crippen MR) is 139 cm³/mol. The van der Waals surface area contributed by atoms with Crippen LogP contribution < -0.4 is 10.7 Å². The number of hydrogen-bond donors (Lipinski definition) is 1. The third-order valence-corrected chi connectivity index (χ3v) is 6.83. The van der Waals surface area contributed by atoms with Crippen LogP contribution >= 0.6 is 0 Å². The Labute approximate surface area is 220 Å². The van der Waals surface area contributed by atoms with Crippen LogP contribution in [0.25, 0.3) is 10.9 Å². The molecule has 1 aromatic heterocycles. The number of aromatic nitrogens is 1. The van der Waals surface area contributed by atoms with Crippen molar-refractivity contribution in [3.63, 3.8) is 0 Å². The molecule has 2 atom stereocenters. The first kappa shape index (κ1) is 27.6. The number of hydrogen-bond acceptors (Lipinski definition) is 5. The minimum atomic E-state index is -1.18. The molecule has 7 nitrogen and oxygen atoms in total. The molecule has 2 aliphatic carbocycles. The van der Waals surface area contributed by atoms with Crippen molar-refractivity contribution in [2.75, 3.05) is 13.2 Å². The highest BCUT2D eigenvalue weighted by molar-refractivity contribution is 5.95. The summed E-state index contributed by atoms with van der Waals surface area (Å²) in [6.07, 6.45) is 5.72. The van der Waals surface area contributed by atoms with Gasteiger partial charge in [-0.15, -0.1) is 0 Å². The average molecular weight is 529 g/mol. The summed E-state index contributed by atoms with van der Waals surface area (Å²) in [6.45, 7) is 7.66. The molecule has 0 aliphatic heterocycles. The smallest absolute Gasteiger partial charge is 0.407 e. The molecule has 1 N–H and O–H groups in total. The van der Waals surface area contributed by atoms with Crippen LogP contribution in [0.3, 0.4) is 0 Å². The molecule has 2 aromatic rings. The van der Waals surface area contributed by atoms with Gasteiger partial charge in [-0.1, -0.05) is 11.8 Å². The summed E-state index contributed by atoms with van der Waals surface area (Å²) in [5.41, 5.74) is -1.41. The first-order valence-corrected chi connectivity index (χ1v) is 13.2.